The van der Waals surface area contributed by atoms with Crippen LogP contribution in [0, 0.1) is 13.8 Å². The maximum absolute atomic E-state index is 13.2. The van der Waals surface area contributed by atoms with Crippen molar-refractivity contribution in [3.8, 4) is 0 Å². The number of hydrogen-bond donors (Lipinski definition) is 3. The molecule has 5 rings (SSSR count). The Morgan fingerprint density at radius 1 is 0.800 bits per heavy atom. The maximum Gasteiger partial charge on any atom is 0.295 e. The van der Waals surface area contributed by atoms with Gasteiger partial charge in [-0.3, -0.25) is 14.1 Å². The summed E-state index contributed by atoms with van der Waals surface area (Å²) in [6.45, 7) is 3.82. The van der Waals surface area contributed by atoms with Crippen molar-refractivity contribution in [2.24, 2.45) is 0 Å². The number of hydrogen-bond acceptors (Lipinski definition) is 4. The molecule has 3 aromatic carbocycles. The highest BCUT2D eigenvalue weighted by Crippen LogP contribution is 2.25. The maximum atomic E-state index is 13.2. The van der Waals surface area contributed by atoms with E-state index in [1.807, 2.05) is 26.0 Å². The zero-order valence-corrected chi connectivity index (χ0v) is 16.8. The second-order valence-corrected chi connectivity index (χ2v) is 8.90. The zero-order chi connectivity index (χ0) is 21.4. The number of aromatic nitrogens is 2. The zero-order valence-electron chi connectivity index (χ0n) is 16.0. The van der Waals surface area contributed by atoms with Crippen LogP contribution in [-0.4, -0.2) is 22.9 Å². The number of fused-ring (bicyclic) bond motifs is 4. The van der Waals surface area contributed by atoms with Crippen LogP contribution in [0.15, 0.2) is 56.9 Å². The average molecular weight is 420 g/mol. The van der Waals surface area contributed by atoms with Crippen molar-refractivity contribution in [3.63, 3.8) is 0 Å². The van der Waals surface area contributed by atoms with Crippen molar-refractivity contribution in [1.29, 1.82) is 0 Å². The molecule has 0 unspecified atom stereocenters. The van der Waals surface area contributed by atoms with E-state index in [9.17, 15) is 22.6 Å². The largest absolute Gasteiger partial charge is 0.354 e. The molecule has 150 valence electrons. The first-order chi connectivity index (χ1) is 14.1. The van der Waals surface area contributed by atoms with E-state index in [0.29, 0.717) is 27.3 Å². The highest BCUT2D eigenvalue weighted by molar-refractivity contribution is 7.86. The first-order valence-corrected chi connectivity index (χ1v) is 10.6. The van der Waals surface area contributed by atoms with Gasteiger partial charge in [-0.25, -0.2) is 0 Å². The SMILES string of the molecule is Cc1cc(C)c2[nH]c3cc4c(=O)c5c(S(=O)(=O)O)cccc5[nH]c4cc3c(=O)c2c1. The fraction of sp³-hybridized carbons (Fsp3) is 0.0909. The minimum absolute atomic E-state index is 0.123. The molecule has 0 atom stereocenters. The van der Waals surface area contributed by atoms with Gasteiger partial charge in [0.1, 0.15) is 4.90 Å². The summed E-state index contributed by atoms with van der Waals surface area (Å²) in [4.78, 5) is 32.1. The molecule has 30 heavy (non-hydrogen) atoms. The smallest absolute Gasteiger partial charge is 0.295 e. The minimum Gasteiger partial charge on any atom is -0.354 e. The van der Waals surface area contributed by atoms with Crippen LogP contribution in [0.2, 0.25) is 0 Å². The third-order valence-electron chi connectivity index (χ3n) is 5.43. The molecule has 0 saturated carbocycles. The molecule has 3 N–H and O–H groups in total. The Bertz CT molecular complexity index is 1780. The molecular formula is C22H16N2O5S. The fourth-order valence-electron chi connectivity index (χ4n) is 4.14. The summed E-state index contributed by atoms with van der Waals surface area (Å²) in [6.07, 6.45) is 0. The lowest BCUT2D eigenvalue weighted by atomic mass is 10.0. The number of rotatable bonds is 1. The van der Waals surface area contributed by atoms with E-state index in [0.717, 1.165) is 11.1 Å². The Morgan fingerprint density at radius 2 is 1.47 bits per heavy atom. The lowest BCUT2D eigenvalue weighted by Crippen LogP contribution is -2.11. The number of aromatic amines is 2. The Hall–Kier alpha value is -3.49. The Kier molecular flexibility index (Phi) is 3.71. The van der Waals surface area contributed by atoms with Crippen molar-refractivity contribution < 1.29 is 13.0 Å². The van der Waals surface area contributed by atoms with Crippen molar-refractivity contribution in [2.75, 3.05) is 0 Å². The number of benzene rings is 3. The third kappa shape index (κ3) is 2.58. The molecule has 0 aliphatic heterocycles. The van der Waals surface area contributed by atoms with Gasteiger partial charge in [-0.1, -0.05) is 12.1 Å². The van der Waals surface area contributed by atoms with Crippen LogP contribution in [0.25, 0.3) is 43.6 Å². The van der Waals surface area contributed by atoms with Crippen LogP contribution in [-0.2, 0) is 10.1 Å². The lowest BCUT2D eigenvalue weighted by Gasteiger charge is -2.10. The van der Waals surface area contributed by atoms with E-state index in [4.69, 9.17) is 0 Å². The van der Waals surface area contributed by atoms with E-state index in [1.165, 1.54) is 12.1 Å². The van der Waals surface area contributed by atoms with E-state index >= 15 is 0 Å². The summed E-state index contributed by atoms with van der Waals surface area (Å²) in [5.74, 6) is 0. The minimum atomic E-state index is -4.59. The first-order valence-electron chi connectivity index (χ1n) is 9.18. The molecule has 0 amide bonds. The normalized spacial score (nSPS) is 12.4. The molecule has 7 nitrogen and oxygen atoms in total. The molecular weight excluding hydrogens is 404 g/mol. The fourth-order valence-corrected chi connectivity index (χ4v) is 4.85. The van der Waals surface area contributed by atoms with Gasteiger partial charge in [-0.05, 0) is 55.3 Å². The van der Waals surface area contributed by atoms with Gasteiger partial charge in [0.2, 0.25) is 0 Å². The second kappa shape index (κ2) is 6.01. The predicted octanol–water partition coefficient (Wildman–Crippen LogP) is 3.54. The van der Waals surface area contributed by atoms with Crippen molar-refractivity contribution in [3.05, 3.63) is 74.0 Å². The summed E-state index contributed by atoms with van der Waals surface area (Å²) in [7, 11) is -4.59. The van der Waals surface area contributed by atoms with Crippen LogP contribution >= 0.6 is 0 Å². The van der Waals surface area contributed by atoms with Gasteiger partial charge >= 0.3 is 0 Å². The first kappa shape index (κ1) is 18.5. The molecule has 0 aliphatic carbocycles. The van der Waals surface area contributed by atoms with Gasteiger partial charge in [0.25, 0.3) is 10.1 Å². The molecule has 2 heterocycles. The lowest BCUT2D eigenvalue weighted by molar-refractivity contribution is 0.484. The Labute approximate surface area is 169 Å². The van der Waals surface area contributed by atoms with Gasteiger partial charge in [-0.2, -0.15) is 8.42 Å². The predicted molar refractivity (Wildman–Crippen MR) is 117 cm³/mol. The highest BCUT2D eigenvalue weighted by atomic mass is 32.2. The molecule has 0 saturated heterocycles. The van der Waals surface area contributed by atoms with Crippen molar-refractivity contribution in [2.45, 2.75) is 18.7 Å². The van der Waals surface area contributed by atoms with Crippen molar-refractivity contribution >= 4 is 53.7 Å². The Balaban J connectivity index is 2.01. The van der Waals surface area contributed by atoms with E-state index < -0.39 is 20.4 Å². The molecule has 0 radical (unpaired) electrons. The number of nitrogens with one attached hydrogen (secondary N) is 2. The van der Waals surface area contributed by atoms with Crippen LogP contribution in [0.4, 0.5) is 0 Å². The van der Waals surface area contributed by atoms with Crippen LogP contribution < -0.4 is 10.9 Å². The summed E-state index contributed by atoms with van der Waals surface area (Å²) in [5, 5.41) is 1.07. The molecule has 2 aromatic heterocycles. The van der Waals surface area contributed by atoms with E-state index in [2.05, 4.69) is 9.97 Å². The Morgan fingerprint density at radius 3 is 2.17 bits per heavy atom. The van der Waals surface area contributed by atoms with Crippen LogP contribution in [0.3, 0.4) is 0 Å². The van der Waals surface area contributed by atoms with Gasteiger partial charge in [0.05, 0.1) is 27.5 Å². The molecule has 0 spiro atoms. The van der Waals surface area contributed by atoms with E-state index in [-0.39, 0.29) is 21.7 Å². The summed E-state index contributed by atoms with van der Waals surface area (Å²) < 4.78 is 33.1. The standard InChI is InChI=1S/C22H16N2O5S/c1-10-6-11(2)20-14(7-10)21(25)12-8-16-13(9-17(12)24-20)22(26)19-15(23-16)4-3-5-18(19)30(27,28)29/h3-9H,1-2H3,(H,23,26)(H,24,25)(H,27,28,29). The quantitative estimate of drug-likeness (QED) is 0.283. The van der Waals surface area contributed by atoms with Crippen LogP contribution in [0.1, 0.15) is 11.1 Å². The van der Waals surface area contributed by atoms with Gasteiger partial charge in [0, 0.05) is 16.2 Å². The van der Waals surface area contributed by atoms with Crippen LogP contribution in [0.5, 0.6) is 0 Å². The highest BCUT2D eigenvalue weighted by Gasteiger charge is 2.19. The van der Waals surface area contributed by atoms with Gasteiger partial charge in [-0.15, -0.1) is 0 Å². The van der Waals surface area contributed by atoms with Gasteiger partial charge in [0.15, 0.2) is 10.9 Å². The number of pyridine rings is 2. The summed E-state index contributed by atoms with van der Waals surface area (Å²) in [5.41, 5.74) is 3.01. The molecule has 0 aliphatic rings. The molecule has 5 aromatic rings. The summed E-state index contributed by atoms with van der Waals surface area (Å²) in [6, 6.07) is 11.1. The second-order valence-electron chi connectivity index (χ2n) is 7.51. The molecule has 8 heteroatoms. The molecule has 0 bridgehead atoms. The number of aryl methyl sites for hydroxylation is 2. The number of H-pyrrole nitrogens is 2. The monoisotopic (exact) mass is 420 g/mol. The summed E-state index contributed by atoms with van der Waals surface area (Å²) >= 11 is 0. The van der Waals surface area contributed by atoms with Gasteiger partial charge < -0.3 is 9.97 Å². The van der Waals surface area contributed by atoms with Crippen molar-refractivity contribution in [1.82, 2.24) is 9.97 Å². The average Bonchev–Trinajstić information content (AvgIpc) is 2.67. The molecule has 0 fully saturated rings. The van der Waals surface area contributed by atoms with E-state index in [1.54, 1.807) is 18.2 Å². The topological polar surface area (TPSA) is 120 Å². The third-order valence-corrected chi connectivity index (χ3v) is 6.33.